The minimum Gasteiger partial charge on any atom is -0.505 e. The fourth-order valence-corrected chi connectivity index (χ4v) is 1.50. The molecule has 15 heavy (non-hydrogen) atoms. The summed E-state index contributed by atoms with van der Waals surface area (Å²) in [5.74, 6) is -0.847. The maximum atomic E-state index is 13.0. The van der Waals surface area contributed by atoms with Crippen LogP contribution in [0.2, 0.25) is 0 Å². The van der Waals surface area contributed by atoms with Crippen LogP contribution >= 0.6 is 0 Å². The van der Waals surface area contributed by atoms with Gasteiger partial charge in [0.25, 0.3) is 0 Å². The van der Waals surface area contributed by atoms with E-state index >= 15 is 0 Å². The molecule has 0 radical (unpaired) electrons. The van der Waals surface area contributed by atoms with Crippen molar-refractivity contribution in [3.63, 3.8) is 0 Å². The molecule has 2 N–H and O–H groups in total. The van der Waals surface area contributed by atoms with E-state index in [4.69, 9.17) is 5.11 Å². The fourth-order valence-electron chi connectivity index (χ4n) is 1.50. The summed E-state index contributed by atoms with van der Waals surface area (Å²) >= 11 is 0. The summed E-state index contributed by atoms with van der Waals surface area (Å²) in [6.45, 7) is 4.89. The predicted molar refractivity (Wildman–Crippen MR) is 59.3 cm³/mol. The number of nitrogens with one attached hydrogen (secondary N) is 1. The highest BCUT2D eigenvalue weighted by atomic mass is 19.1. The molecule has 0 saturated carbocycles. The van der Waals surface area contributed by atoms with E-state index in [1.807, 2.05) is 0 Å². The molecule has 3 heteroatoms. The van der Waals surface area contributed by atoms with Crippen LogP contribution in [0.3, 0.4) is 0 Å². The van der Waals surface area contributed by atoms with Crippen LogP contribution in [0, 0.1) is 5.82 Å². The van der Waals surface area contributed by atoms with Crippen LogP contribution in [0.1, 0.15) is 32.3 Å². The molecule has 0 bridgehead atoms. The zero-order chi connectivity index (χ0) is 11.3. The lowest BCUT2D eigenvalue weighted by molar-refractivity contribution is 0.430. The molecule has 0 aliphatic carbocycles. The molecule has 0 fully saturated rings. The molecule has 0 atom stereocenters. The number of aromatic hydroxyl groups is 1. The summed E-state index contributed by atoms with van der Waals surface area (Å²) in [5.41, 5.74) is 0.859. The topological polar surface area (TPSA) is 32.3 Å². The highest BCUT2D eigenvalue weighted by Gasteiger charge is 2.04. The van der Waals surface area contributed by atoms with E-state index in [0.29, 0.717) is 12.6 Å². The number of rotatable bonds is 5. The van der Waals surface area contributed by atoms with Gasteiger partial charge in [-0.05, 0) is 30.5 Å². The van der Waals surface area contributed by atoms with Gasteiger partial charge in [0, 0.05) is 12.6 Å². The van der Waals surface area contributed by atoms with Crippen LogP contribution in [-0.4, -0.2) is 11.1 Å². The zero-order valence-electron chi connectivity index (χ0n) is 9.26. The van der Waals surface area contributed by atoms with E-state index in [2.05, 4.69) is 19.2 Å². The minimum absolute atomic E-state index is 0.290. The van der Waals surface area contributed by atoms with Crippen molar-refractivity contribution in [1.29, 1.82) is 0 Å². The van der Waals surface area contributed by atoms with Crippen molar-refractivity contribution in [3.05, 3.63) is 29.6 Å². The molecular formula is C12H18FNO. The lowest BCUT2D eigenvalue weighted by Gasteiger charge is -2.14. The number of hydrogen-bond donors (Lipinski definition) is 2. The molecule has 0 spiro atoms. The Morgan fingerprint density at radius 1 is 1.33 bits per heavy atom. The second-order valence-electron chi connectivity index (χ2n) is 3.68. The Morgan fingerprint density at radius 2 is 2.00 bits per heavy atom. The third-order valence-electron chi connectivity index (χ3n) is 2.59. The number of benzene rings is 1. The van der Waals surface area contributed by atoms with Gasteiger partial charge in [0.2, 0.25) is 0 Å². The molecule has 0 aliphatic heterocycles. The highest BCUT2D eigenvalue weighted by molar-refractivity contribution is 5.27. The molecular weight excluding hydrogens is 193 g/mol. The summed E-state index contributed by atoms with van der Waals surface area (Å²) in [4.78, 5) is 0. The molecule has 0 amide bonds. The van der Waals surface area contributed by atoms with E-state index in [-0.39, 0.29) is 5.75 Å². The average molecular weight is 211 g/mol. The Labute approximate surface area is 90.1 Å². The lowest BCUT2D eigenvalue weighted by Crippen LogP contribution is -2.26. The van der Waals surface area contributed by atoms with E-state index in [1.54, 1.807) is 6.07 Å². The normalized spacial score (nSPS) is 10.9. The summed E-state index contributed by atoms with van der Waals surface area (Å²) in [5, 5.41) is 12.4. The van der Waals surface area contributed by atoms with Crippen LogP contribution in [0.5, 0.6) is 5.75 Å². The smallest absolute Gasteiger partial charge is 0.165 e. The van der Waals surface area contributed by atoms with E-state index in [0.717, 1.165) is 18.4 Å². The van der Waals surface area contributed by atoms with Crippen LogP contribution in [-0.2, 0) is 6.54 Å². The molecule has 0 heterocycles. The molecule has 1 aromatic carbocycles. The number of hydrogen-bond acceptors (Lipinski definition) is 2. The second-order valence-corrected chi connectivity index (χ2v) is 3.68. The van der Waals surface area contributed by atoms with Gasteiger partial charge in [0.15, 0.2) is 11.6 Å². The maximum absolute atomic E-state index is 13.0. The van der Waals surface area contributed by atoms with Gasteiger partial charge >= 0.3 is 0 Å². The lowest BCUT2D eigenvalue weighted by atomic mass is 10.1. The first-order valence-electron chi connectivity index (χ1n) is 5.38. The van der Waals surface area contributed by atoms with Gasteiger partial charge in [-0.25, -0.2) is 4.39 Å². The van der Waals surface area contributed by atoms with Gasteiger partial charge in [-0.3, -0.25) is 0 Å². The molecule has 84 valence electrons. The standard InChI is InChI=1S/C12H18FNO/c1-3-10(4-2)14-8-9-5-6-12(15)11(13)7-9/h5-7,10,14-15H,3-4,8H2,1-2H3. The van der Waals surface area contributed by atoms with Crippen LogP contribution in [0.4, 0.5) is 4.39 Å². The molecule has 2 nitrogen and oxygen atoms in total. The first kappa shape index (κ1) is 12.0. The number of phenolic OH excluding ortho intramolecular Hbond substituents is 1. The quantitative estimate of drug-likeness (QED) is 0.785. The van der Waals surface area contributed by atoms with E-state index in [9.17, 15) is 4.39 Å². The highest BCUT2D eigenvalue weighted by Crippen LogP contribution is 2.16. The third-order valence-corrected chi connectivity index (χ3v) is 2.59. The van der Waals surface area contributed by atoms with Gasteiger partial charge in [0.1, 0.15) is 0 Å². The Morgan fingerprint density at radius 3 is 2.53 bits per heavy atom. The van der Waals surface area contributed by atoms with Gasteiger partial charge in [-0.1, -0.05) is 19.9 Å². The fraction of sp³-hybridized carbons (Fsp3) is 0.500. The van der Waals surface area contributed by atoms with E-state index < -0.39 is 5.82 Å². The van der Waals surface area contributed by atoms with Crippen molar-refractivity contribution in [1.82, 2.24) is 5.32 Å². The molecule has 0 aromatic heterocycles. The number of phenols is 1. The first-order chi connectivity index (χ1) is 7.17. The Bertz CT molecular complexity index is 310. The summed E-state index contributed by atoms with van der Waals surface area (Å²) in [6.07, 6.45) is 2.13. The van der Waals surface area contributed by atoms with Crippen LogP contribution in [0.15, 0.2) is 18.2 Å². The van der Waals surface area contributed by atoms with Crippen molar-refractivity contribution in [2.45, 2.75) is 39.3 Å². The minimum atomic E-state index is -0.557. The van der Waals surface area contributed by atoms with Crippen molar-refractivity contribution in [3.8, 4) is 5.75 Å². The van der Waals surface area contributed by atoms with Gasteiger partial charge in [-0.15, -0.1) is 0 Å². The average Bonchev–Trinajstić information content (AvgIpc) is 2.24. The Hall–Kier alpha value is -1.09. The van der Waals surface area contributed by atoms with Crippen molar-refractivity contribution in [2.75, 3.05) is 0 Å². The van der Waals surface area contributed by atoms with Crippen molar-refractivity contribution < 1.29 is 9.50 Å². The van der Waals surface area contributed by atoms with Crippen molar-refractivity contribution in [2.24, 2.45) is 0 Å². The van der Waals surface area contributed by atoms with Gasteiger partial charge in [-0.2, -0.15) is 0 Å². The molecule has 0 saturated heterocycles. The predicted octanol–water partition coefficient (Wildman–Crippen LogP) is 2.81. The Balaban J connectivity index is 2.54. The summed E-state index contributed by atoms with van der Waals surface area (Å²) in [7, 11) is 0. The second kappa shape index (κ2) is 5.71. The molecule has 0 unspecified atom stereocenters. The maximum Gasteiger partial charge on any atom is 0.165 e. The zero-order valence-corrected chi connectivity index (χ0v) is 9.26. The number of halogens is 1. The molecule has 0 aliphatic rings. The van der Waals surface area contributed by atoms with Crippen molar-refractivity contribution >= 4 is 0 Å². The largest absolute Gasteiger partial charge is 0.505 e. The van der Waals surface area contributed by atoms with E-state index in [1.165, 1.54) is 12.1 Å². The summed E-state index contributed by atoms with van der Waals surface area (Å²) in [6, 6.07) is 4.96. The van der Waals surface area contributed by atoms with Gasteiger partial charge in [0.05, 0.1) is 0 Å². The monoisotopic (exact) mass is 211 g/mol. The SMILES string of the molecule is CCC(CC)NCc1ccc(O)c(F)c1. The molecule has 1 rings (SSSR count). The molecule has 1 aromatic rings. The summed E-state index contributed by atoms with van der Waals surface area (Å²) < 4.78 is 13.0. The first-order valence-corrected chi connectivity index (χ1v) is 5.38. The van der Waals surface area contributed by atoms with Crippen LogP contribution < -0.4 is 5.32 Å². The third kappa shape index (κ3) is 3.51. The Kier molecular flexibility index (Phi) is 4.56. The van der Waals surface area contributed by atoms with Crippen LogP contribution in [0.25, 0.3) is 0 Å². The van der Waals surface area contributed by atoms with Gasteiger partial charge < -0.3 is 10.4 Å².